The van der Waals surface area contributed by atoms with Crippen LogP contribution in [0.4, 0.5) is 5.69 Å². The van der Waals surface area contributed by atoms with Crippen molar-refractivity contribution in [3.05, 3.63) is 33.9 Å². The van der Waals surface area contributed by atoms with Crippen LogP contribution in [0.5, 0.6) is 0 Å². The highest BCUT2D eigenvalue weighted by molar-refractivity contribution is 7.89. The van der Waals surface area contributed by atoms with Crippen molar-refractivity contribution in [2.45, 2.75) is 31.7 Å². The molecule has 0 aliphatic rings. The Bertz CT molecular complexity index is 668. The number of hydrogen-bond donors (Lipinski definition) is 2. The summed E-state index contributed by atoms with van der Waals surface area (Å²) in [5.74, 6) is -1.78. The Morgan fingerprint density at radius 3 is 2.38 bits per heavy atom. The average molecular weight is 316 g/mol. The molecule has 0 heterocycles. The molecule has 116 valence electrons. The number of carboxylic acid groups (broad SMARTS) is 1. The maximum Gasteiger partial charge on any atom is 0.322 e. The van der Waals surface area contributed by atoms with Crippen LogP contribution in [0, 0.1) is 23.0 Å². The van der Waals surface area contributed by atoms with E-state index in [9.17, 15) is 23.3 Å². The molecule has 0 spiro atoms. The van der Waals surface area contributed by atoms with Gasteiger partial charge in [0.2, 0.25) is 10.0 Å². The van der Waals surface area contributed by atoms with Gasteiger partial charge in [-0.2, -0.15) is 4.72 Å². The molecule has 0 saturated carbocycles. The second-order valence-electron chi connectivity index (χ2n) is 4.84. The van der Waals surface area contributed by atoms with Crippen LogP contribution in [0.2, 0.25) is 0 Å². The van der Waals surface area contributed by atoms with Crippen molar-refractivity contribution in [3.63, 3.8) is 0 Å². The third-order valence-electron chi connectivity index (χ3n) is 2.96. The minimum Gasteiger partial charge on any atom is -0.480 e. The molecule has 0 saturated heterocycles. The van der Waals surface area contributed by atoms with Gasteiger partial charge in [0, 0.05) is 11.6 Å². The van der Waals surface area contributed by atoms with E-state index in [1.165, 1.54) is 25.1 Å². The summed E-state index contributed by atoms with van der Waals surface area (Å²) in [4.78, 5) is 20.9. The minimum atomic E-state index is -4.17. The highest BCUT2D eigenvalue weighted by Crippen LogP contribution is 2.25. The lowest BCUT2D eigenvalue weighted by molar-refractivity contribution is -0.385. The normalized spacial score (nSPS) is 13.1. The van der Waals surface area contributed by atoms with E-state index in [1.807, 2.05) is 0 Å². The standard InChI is InChI=1S/C12H16N2O6S/c1-7(2)11(12(15)16)13-21(19,20)10-6-4-5-9(8(10)3)14(17)18/h4-7,11,13H,1-3H3,(H,15,16)/t11-/m0/s1. The van der Waals surface area contributed by atoms with Crippen LogP contribution in [-0.2, 0) is 14.8 Å². The molecule has 1 rings (SSSR count). The van der Waals surface area contributed by atoms with Crippen molar-refractivity contribution in [1.29, 1.82) is 0 Å². The monoisotopic (exact) mass is 316 g/mol. The van der Waals surface area contributed by atoms with Gasteiger partial charge < -0.3 is 5.11 Å². The van der Waals surface area contributed by atoms with Crippen LogP contribution < -0.4 is 4.72 Å². The zero-order chi connectivity index (χ0) is 16.4. The Morgan fingerprint density at radius 2 is 1.95 bits per heavy atom. The van der Waals surface area contributed by atoms with Gasteiger partial charge in [-0.1, -0.05) is 19.9 Å². The Morgan fingerprint density at radius 1 is 1.38 bits per heavy atom. The molecular formula is C12H16N2O6S. The Kier molecular flexibility index (Phi) is 5.02. The molecule has 1 atom stereocenters. The summed E-state index contributed by atoms with van der Waals surface area (Å²) in [5.41, 5.74) is -0.378. The fourth-order valence-corrected chi connectivity index (χ4v) is 3.39. The molecular weight excluding hydrogens is 300 g/mol. The molecule has 0 bridgehead atoms. The number of nitrogens with zero attached hydrogens (tertiary/aromatic N) is 1. The number of rotatable bonds is 6. The third-order valence-corrected chi connectivity index (χ3v) is 4.54. The van der Waals surface area contributed by atoms with E-state index in [4.69, 9.17) is 5.11 Å². The van der Waals surface area contributed by atoms with Gasteiger partial charge in [-0.25, -0.2) is 8.42 Å². The van der Waals surface area contributed by atoms with E-state index in [0.29, 0.717) is 0 Å². The SMILES string of the molecule is Cc1c([N+](=O)[O-])cccc1S(=O)(=O)N[C@H](C(=O)O)C(C)C. The lowest BCUT2D eigenvalue weighted by Gasteiger charge is -2.18. The maximum absolute atomic E-state index is 12.3. The molecule has 8 nitrogen and oxygen atoms in total. The number of aliphatic carboxylic acids is 1. The van der Waals surface area contributed by atoms with E-state index < -0.39 is 32.9 Å². The molecule has 0 unspecified atom stereocenters. The average Bonchev–Trinajstić information content (AvgIpc) is 2.35. The minimum absolute atomic E-state index is 0.0390. The van der Waals surface area contributed by atoms with Crippen LogP contribution in [-0.4, -0.2) is 30.5 Å². The van der Waals surface area contributed by atoms with Gasteiger partial charge in [0.15, 0.2) is 0 Å². The molecule has 0 aliphatic carbocycles. The summed E-state index contributed by atoms with van der Waals surface area (Å²) in [5, 5.41) is 19.9. The zero-order valence-electron chi connectivity index (χ0n) is 11.7. The number of carbonyl (C=O) groups is 1. The fraction of sp³-hybridized carbons (Fsp3) is 0.417. The van der Waals surface area contributed by atoms with E-state index >= 15 is 0 Å². The van der Waals surface area contributed by atoms with Crippen LogP contribution in [0.15, 0.2) is 23.1 Å². The number of hydrogen-bond acceptors (Lipinski definition) is 5. The second-order valence-corrected chi connectivity index (χ2v) is 6.52. The van der Waals surface area contributed by atoms with Crippen molar-refractivity contribution in [2.75, 3.05) is 0 Å². The van der Waals surface area contributed by atoms with Crippen LogP contribution >= 0.6 is 0 Å². The first kappa shape index (κ1) is 17.1. The lowest BCUT2D eigenvalue weighted by atomic mass is 10.1. The largest absolute Gasteiger partial charge is 0.480 e. The molecule has 0 aromatic heterocycles. The first-order valence-corrected chi connectivity index (χ1v) is 7.55. The number of nitrogens with one attached hydrogen (secondary N) is 1. The Hall–Kier alpha value is -2.00. The molecule has 0 radical (unpaired) electrons. The summed E-state index contributed by atoms with van der Waals surface area (Å²) in [6.07, 6.45) is 0. The number of sulfonamides is 1. The van der Waals surface area contributed by atoms with Crippen molar-refractivity contribution in [3.8, 4) is 0 Å². The van der Waals surface area contributed by atoms with E-state index in [1.54, 1.807) is 13.8 Å². The Balaban J connectivity index is 3.29. The van der Waals surface area contributed by atoms with Crippen molar-refractivity contribution in [2.24, 2.45) is 5.92 Å². The number of nitro groups is 1. The quantitative estimate of drug-likeness (QED) is 0.601. The second kappa shape index (κ2) is 6.19. The highest BCUT2D eigenvalue weighted by Gasteiger charge is 2.30. The van der Waals surface area contributed by atoms with Gasteiger partial charge in [0.05, 0.1) is 9.82 Å². The first-order valence-electron chi connectivity index (χ1n) is 6.07. The van der Waals surface area contributed by atoms with Gasteiger partial charge >= 0.3 is 5.97 Å². The molecule has 9 heteroatoms. The maximum atomic E-state index is 12.3. The van der Waals surface area contributed by atoms with E-state index in [2.05, 4.69) is 4.72 Å². The van der Waals surface area contributed by atoms with Gasteiger partial charge in [-0.15, -0.1) is 0 Å². The molecule has 0 amide bonds. The van der Waals surface area contributed by atoms with Crippen molar-refractivity contribution < 1.29 is 23.2 Å². The fourth-order valence-electron chi connectivity index (χ4n) is 1.79. The third kappa shape index (κ3) is 3.76. The number of benzene rings is 1. The van der Waals surface area contributed by atoms with Gasteiger partial charge in [0.25, 0.3) is 5.69 Å². The van der Waals surface area contributed by atoms with Crippen molar-refractivity contribution in [1.82, 2.24) is 4.72 Å². The van der Waals surface area contributed by atoms with Crippen LogP contribution in [0.3, 0.4) is 0 Å². The van der Waals surface area contributed by atoms with Gasteiger partial charge in [0.1, 0.15) is 6.04 Å². The summed E-state index contributed by atoms with van der Waals surface area (Å²) in [6, 6.07) is 2.31. The van der Waals surface area contributed by atoms with Crippen molar-refractivity contribution >= 4 is 21.7 Å². The van der Waals surface area contributed by atoms with Crippen LogP contribution in [0.25, 0.3) is 0 Å². The molecule has 21 heavy (non-hydrogen) atoms. The predicted octanol–water partition coefficient (Wildman–Crippen LogP) is 1.29. The van der Waals surface area contributed by atoms with E-state index in [-0.39, 0.29) is 16.1 Å². The topological polar surface area (TPSA) is 127 Å². The number of carboxylic acids is 1. The summed E-state index contributed by atoms with van der Waals surface area (Å²) >= 11 is 0. The smallest absolute Gasteiger partial charge is 0.322 e. The first-order chi connectivity index (χ1) is 9.58. The molecule has 2 N–H and O–H groups in total. The molecule has 1 aromatic carbocycles. The summed E-state index contributed by atoms with van der Waals surface area (Å²) < 4.78 is 26.6. The molecule has 1 aromatic rings. The molecule has 0 fully saturated rings. The highest BCUT2D eigenvalue weighted by atomic mass is 32.2. The van der Waals surface area contributed by atoms with Gasteiger partial charge in [-0.05, 0) is 18.9 Å². The summed E-state index contributed by atoms with van der Waals surface area (Å²) in [7, 11) is -4.17. The van der Waals surface area contributed by atoms with Crippen LogP contribution in [0.1, 0.15) is 19.4 Å². The zero-order valence-corrected chi connectivity index (χ0v) is 12.5. The summed E-state index contributed by atoms with van der Waals surface area (Å²) in [6.45, 7) is 4.42. The van der Waals surface area contributed by atoms with Gasteiger partial charge in [-0.3, -0.25) is 14.9 Å². The Labute approximate surface area is 122 Å². The predicted molar refractivity (Wildman–Crippen MR) is 74.4 cm³/mol. The lowest BCUT2D eigenvalue weighted by Crippen LogP contribution is -2.44. The number of nitro benzene ring substituents is 1. The van der Waals surface area contributed by atoms with E-state index in [0.717, 1.165) is 0 Å². The molecule has 0 aliphatic heterocycles.